The van der Waals surface area contributed by atoms with Crippen LogP contribution in [0, 0.1) is 5.92 Å². The van der Waals surface area contributed by atoms with Crippen molar-refractivity contribution in [3.05, 3.63) is 33.8 Å². The third kappa shape index (κ3) is 4.69. The number of hydrogen-bond donors (Lipinski definition) is 2. The molecule has 0 radical (unpaired) electrons. The van der Waals surface area contributed by atoms with Crippen LogP contribution in [-0.2, 0) is 4.79 Å². The Kier molecular flexibility index (Phi) is 6.30. The molecule has 0 heterocycles. The molecule has 6 heteroatoms. The molecule has 20 heavy (non-hydrogen) atoms. The van der Waals surface area contributed by atoms with Gasteiger partial charge in [0.05, 0.1) is 10.6 Å². The minimum absolute atomic E-state index is 0.225. The summed E-state index contributed by atoms with van der Waals surface area (Å²) in [6, 6.07) is 4.03. The van der Waals surface area contributed by atoms with Gasteiger partial charge in [0.1, 0.15) is 6.04 Å². The predicted octanol–water partition coefficient (Wildman–Crippen LogP) is 2.88. The van der Waals surface area contributed by atoms with Crippen molar-refractivity contribution in [1.82, 2.24) is 10.6 Å². The van der Waals surface area contributed by atoms with Gasteiger partial charge in [-0.1, -0.05) is 37.0 Å². The molecule has 0 aliphatic rings. The average molecular weight is 317 g/mol. The zero-order valence-corrected chi connectivity index (χ0v) is 13.2. The van der Waals surface area contributed by atoms with Crippen molar-refractivity contribution in [2.45, 2.75) is 26.3 Å². The number of carbonyl (C=O) groups is 2. The molecule has 1 aromatic rings. The van der Waals surface area contributed by atoms with Gasteiger partial charge < -0.3 is 10.6 Å². The van der Waals surface area contributed by atoms with Crippen LogP contribution in [-0.4, -0.2) is 24.9 Å². The quantitative estimate of drug-likeness (QED) is 0.877. The number of halogens is 2. The molecule has 1 atom stereocenters. The highest BCUT2D eigenvalue weighted by molar-refractivity contribution is 6.36. The lowest BCUT2D eigenvalue weighted by molar-refractivity contribution is -0.122. The number of carbonyl (C=O) groups excluding carboxylic acids is 2. The van der Waals surface area contributed by atoms with Crippen LogP contribution in [0.4, 0.5) is 0 Å². The van der Waals surface area contributed by atoms with E-state index in [1.54, 1.807) is 6.07 Å². The van der Waals surface area contributed by atoms with Crippen LogP contribution < -0.4 is 10.6 Å². The number of likely N-dealkylation sites (N-methyl/N-ethyl adjacent to an activating group) is 1. The average Bonchev–Trinajstić information content (AvgIpc) is 2.36. The van der Waals surface area contributed by atoms with E-state index < -0.39 is 6.04 Å². The third-order valence-corrected chi connectivity index (χ3v) is 3.30. The van der Waals surface area contributed by atoms with Crippen LogP contribution in [0.1, 0.15) is 30.6 Å². The molecule has 110 valence electrons. The van der Waals surface area contributed by atoms with Gasteiger partial charge in [-0.05, 0) is 30.5 Å². The van der Waals surface area contributed by atoms with Gasteiger partial charge in [-0.2, -0.15) is 0 Å². The van der Waals surface area contributed by atoms with Crippen LogP contribution in [0.15, 0.2) is 18.2 Å². The Labute approximate surface area is 128 Å². The first-order valence-electron chi connectivity index (χ1n) is 6.32. The Morgan fingerprint density at radius 1 is 1.25 bits per heavy atom. The first kappa shape index (κ1) is 16.8. The Balaban J connectivity index is 2.87. The minimum atomic E-state index is -0.584. The number of hydrogen-bond acceptors (Lipinski definition) is 2. The van der Waals surface area contributed by atoms with Gasteiger partial charge in [-0.3, -0.25) is 9.59 Å². The zero-order chi connectivity index (χ0) is 15.3. The monoisotopic (exact) mass is 316 g/mol. The number of amides is 2. The molecule has 0 unspecified atom stereocenters. The molecule has 1 aromatic carbocycles. The van der Waals surface area contributed by atoms with Crippen LogP contribution in [0.3, 0.4) is 0 Å². The first-order valence-corrected chi connectivity index (χ1v) is 7.08. The van der Waals surface area contributed by atoms with Crippen molar-refractivity contribution in [2.24, 2.45) is 5.92 Å². The van der Waals surface area contributed by atoms with Crippen LogP contribution in [0.5, 0.6) is 0 Å². The van der Waals surface area contributed by atoms with E-state index in [-0.39, 0.29) is 22.8 Å². The highest BCUT2D eigenvalue weighted by Crippen LogP contribution is 2.21. The van der Waals surface area contributed by atoms with Crippen molar-refractivity contribution in [3.63, 3.8) is 0 Å². The molecule has 0 saturated heterocycles. The molecule has 0 aromatic heterocycles. The molecular weight excluding hydrogens is 299 g/mol. The van der Waals surface area contributed by atoms with Crippen LogP contribution >= 0.6 is 23.2 Å². The van der Waals surface area contributed by atoms with Gasteiger partial charge in [-0.25, -0.2) is 0 Å². The second-order valence-corrected chi connectivity index (χ2v) is 5.74. The largest absolute Gasteiger partial charge is 0.357 e. The Bertz CT molecular complexity index is 504. The number of rotatable bonds is 5. The maximum Gasteiger partial charge on any atom is 0.253 e. The lowest BCUT2D eigenvalue weighted by Crippen LogP contribution is -2.46. The molecule has 0 aliphatic carbocycles. The van der Waals surface area contributed by atoms with Crippen LogP contribution in [0.2, 0.25) is 10.0 Å². The second kappa shape index (κ2) is 7.50. The van der Waals surface area contributed by atoms with E-state index >= 15 is 0 Å². The van der Waals surface area contributed by atoms with E-state index in [0.29, 0.717) is 17.0 Å². The molecule has 0 bridgehead atoms. The third-order valence-electron chi connectivity index (χ3n) is 2.75. The highest BCUT2D eigenvalue weighted by Gasteiger charge is 2.22. The Hall–Kier alpha value is -1.26. The molecular formula is C14H18Cl2N2O2. The van der Waals surface area contributed by atoms with E-state index in [4.69, 9.17) is 23.2 Å². The summed E-state index contributed by atoms with van der Waals surface area (Å²) in [5.74, 6) is -0.337. The van der Waals surface area contributed by atoms with Crippen molar-refractivity contribution in [3.8, 4) is 0 Å². The van der Waals surface area contributed by atoms with Gasteiger partial charge in [0.2, 0.25) is 5.91 Å². The summed E-state index contributed by atoms with van der Waals surface area (Å²) in [4.78, 5) is 23.9. The summed E-state index contributed by atoms with van der Waals surface area (Å²) in [7, 11) is 1.54. The predicted molar refractivity (Wildman–Crippen MR) is 81.2 cm³/mol. The summed E-state index contributed by atoms with van der Waals surface area (Å²) in [6.45, 7) is 3.97. The summed E-state index contributed by atoms with van der Waals surface area (Å²) in [5, 5.41) is 5.95. The molecule has 0 saturated carbocycles. The van der Waals surface area contributed by atoms with E-state index in [1.807, 2.05) is 13.8 Å². The minimum Gasteiger partial charge on any atom is -0.357 e. The molecule has 1 rings (SSSR count). The normalized spacial score (nSPS) is 12.1. The fourth-order valence-corrected chi connectivity index (χ4v) is 2.28. The number of nitrogens with one attached hydrogen (secondary N) is 2. The highest BCUT2D eigenvalue weighted by atomic mass is 35.5. The van der Waals surface area contributed by atoms with Gasteiger partial charge in [0, 0.05) is 12.1 Å². The Morgan fingerprint density at radius 2 is 1.90 bits per heavy atom. The van der Waals surface area contributed by atoms with Crippen molar-refractivity contribution >= 4 is 35.0 Å². The summed E-state index contributed by atoms with van der Waals surface area (Å²) >= 11 is 11.8. The number of benzene rings is 1. The first-order chi connectivity index (χ1) is 9.35. The van der Waals surface area contributed by atoms with Gasteiger partial charge in [0.15, 0.2) is 0 Å². The molecule has 0 spiro atoms. The molecule has 4 nitrogen and oxygen atoms in total. The lowest BCUT2D eigenvalue weighted by Gasteiger charge is -2.19. The smallest absolute Gasteiger partial charge is 0.253 e. The van der Waals surface area contributed by atoms with Gasteiger partial charge in [0.25, 0.3) is 5.91 Å². The van der Waals surface area contributed by atoms with E-state index in [0.717, 1.165) is 0 Å². The summed E-state index contributed by atoms with van der Waals surface area (Å²) in [6.07, 6.45) is 0.552. The summed E-state index contributed by atoms with van der Waals surface area (Å²) in [5.41, 5.74) is 0.300. The van der Waals surface area contributed by atoms with Crippen molar-refractivity contribution in [2.75, 3.05) is 7.05 Å². The standard InChI is InChI=1S/C14H18Cl2N2O2/c1-8(2)6-12(14(20)17-3)18-13(19)10-5-4-9(15)7-11(10)16/h4-5,7-8,12H,6H2,1-3H3,(H,17,20)(H,18,19)/t12-/m1/s1. The van der Waals surface area contributed by atoms with Crippen LogP contribution in [0.25, 0.3) is 0 Å². The molecule has 2 N–H and O–H groups in total. The second-order valence-electron chi connectivity index (χ2n) is 4.89. The zero-order valence-electron chi connectivity index (χ0n) is 11.7. The maximum absolute atomic E-state index is 12.2. The van der Waals surface area contributed by atoms with E-state index in [1.165, 1.54) is 19.2 Å². The fraction of sp³-hybridized carbons (Fsp3) is 0.429. The van der Waals surface area contributed by atoms with E-state index in [9.17, 15) is 9.59 Å². The molecule has 0 aliphatic heterocycles. The molecule has 0 fully saturated rings. The Morgan fingerprint density at radius 3 is 2.40 bits per heavy atom. The van der Waals surface area contributed by atoms with Gasteiger partial charge >= 0.3 is 0 Å². The van der Waals surface area contributed by atoms with Gasteiger partial charge in [-0.15, -0.1) is 0 Å². The van der Waals surface area contributed by atoms with Crippen molar-refractivity contribution in [1.29, 1.82) is 0 Å². The lowest BCUT2D eigenvalue weighted by atomic mass is 10.0. The maximum atomic E-state index is 12.2. The SMILES string of the molecule is CNC(=O)[C@@H](CC(C)C)NC(=O)c1ccc(Cl)cc1Cl. The topological polar surface area (TPSA) is 58.2 Å². The molecule has 2 amide bonds. The van der Waals surface area contributed by atoms with E-state index in [2.05, 4.69) is 10.6 Å². The van der Waals surface area contributed by atoms with Crippen molar-refractivity contribution < 1.29 is 9.59 Å². The fourth-order valence-electron chi connectivity index (χ4n) is 1.79. The summed E-state index contributed by atoms with van der Waals surface area (Å²) < 4.78 is 0.